The van der Waals surface area contributed by atoms with Crippen molar-refractivity contribution in [1.82, 2.24) is 0 Å². The number of carbonyl (C=O) groups excluding carboxylic acids is 2. The van der Waals surface area contributed by atoms with Crippen LogP contribution in [0.25, 0.3) is 0 Å². The molecule has 0 bridgehead atoms. The summed E-state index contributed by atoms with van der Waals surface area (Å²) in [5, 5.41) is 16.1. The molecule has 0 unspecified atom stereocenters. The van der Waals surface area contributed by atoms with Crippen molar-refractivity contribution in [2.24, 2.45) is 0 Å². The Bertz CT molecular complexity index is 190. The second kappa shape index (κ2) is 21.1. The van der Waals surface area contributed by atoms with Crippen LogP contribution in [0, 0.1) is 0 Å². The van der Waals surface area contributed by atoms with Crippen molar-refractivity contribution in [1.29, 1.82) is 0 Å². The molecule has 0 fully saturated rings. The Hall–Kier alpha value is -0.226. The van der Waals surface area contributed by atoms with E-state index in [0.717, 1.165) is 6.42 Å². The Balaban J connectivity index is -0.000000119. The quantitative estimate of drug-likeness (QED) is 0.459. The first-order chi connectivity index (χ1) is 8.67. The number of ether oxygens (including phenoxy) is 1. The van der Waals surface area contributed by atoms with Crippen molar-refractivity contribution in [2.75, 3.05) is 6.61 Å². The zero-order valence-electron chi connectivity index (χ0n) is 13.6. The topological polar surface area (TPSA) is 83.8 Å². The van der Waals surface area contributed by atoms with Gasteiger partial charge >= 0.3 is 5.97 Å². The van der Waals surface area contributed by atoms with Gasteiger partial charge in [-0.05, 0) is 41.0 Å². The van der Waals surface area contributed by atoms with E-state index in [1.807, 2.05) is 6.92 Å². The summed E-state index contributed by atoms with van der Waals surface area (Å²) in [6, 6.07) is 0. The van der Waals surface area contributed by atoms with Crippen LogP contribution in [0.1, 0.15) is 60.8 Å². The summed E-state index contributed by atoms with van der Waals surface area (Å²) >= 11 is 0. The Labute approximate surface area is 138 Å². The van der Waals surface area contributed by atoms with E-state index in [0.29, 0.717) is 13.0 Å². The van der Waals surface area contributed by atoms with Crippen LogP contribution in [0.15, 0.2) is 0 Å². The van der Waals surface area contributed by atoms with Crippen LogP contribution < -0.4 is 0 Å². The normalized spacial score (nSPS) is 8.70. The van der Waals surface area contributed by atoms with Gasteiger partial charge in [-0.2, -0.15) is 0 Å². The molecule has 0 saturated carbocycles. The van der Waals surface area contributed by atoms with E-state index in [2.05, 4.69) is 4.74 Å². The maximum Gasteiger partial charge on any atom is 0.313 e. The van der Waals surface area contributed by atoms with Gasteiger partial charge in [-0.25, -0.2) is 0 Å². The fraction of sp³-hybridized carbons (Fsp3) is 0.857. The molecule has 0 aliphatic heterocycles. The van der Waals surface area contributed by atoms with E-state index >= 15 is 0 Å². The predicted octanol–water partition coefficient (Wildman–Crippen LogP) is 2.08. The molecule has 0 aliphatic rings. The van der Waals surface area contributed by atoms with E-state index in [-0.39, 0.29) is 46.1 Å². The fourth-order valence-corrected chi connectivity index (χ4v) is 0.740. The molecule has 0 heterocycles. The van der Waals surface area contributed by atoms with Crippen LogP contribution in [0.5, 0.6) is 0 Å². The minimum atomic E-state index is -0.411. The van der Waals surface area contributed by atoms with Gasteiger partial charge in [-0.15, -0.1) is 0 Å². The van der Waals surface area contributed by atoms with Gasteiger partial charge in [0.1, 0.15) is 12.2 Å². The third-order valence-electron chi connectivity index (χ3n) is 1.18. The number of hydrogen-bond acceptors (Lipinski definition) is 5. The minimum Gasteiger partial charge on any atom is -0.466 e. The summed E-state index contributed by atoms with van der Waals surface area (Å²) in [6.45, 7) is 10.9. The van der Waals surface area contributed by atoms with Crippen molar-refractivity contribution in [2.45, 2.75) is 73.0 Å². The number of carbonyl (C=O) groups is 2. The van der Waals surface area contributed by atoms with Crippen LogP contribution >= 0.6 is 0 Å². The summed E-state index contributed by atoms with van der Waals surface area (Å²) in [4.78, 5) is 21.5. The molecular formula is C14H30O5Ti. The summed E-state index contributed by atoms with van der Waals surface area (Å²) in [7, 11) is 0. The second-order valence-electron chi connectivity index (χ2n) is 4.46. The Morgan fingerprint density at radius 3 is 1.60 bits per heavy atom. The van der Waals surface area contributed by atoms with Gasteiger partial charge in [0.05, 0.1) is 6.61 Å². The number of esters is 1. The van der Waals surface area contributed by atoms with E-state index in [9.17, 15) is 9.59 Å². The van der Waals surface area contributed by atoms with Crippen LogP contribution in [0.3, 0.4) is 0 Å². The van der Waals surface area contributed by atoms with E-state index in [4.69, 9.17) is 10.2 Å². The summed E-state index contributed by atoms with van der Waals surface area (Å²) in [5.74, 6) is -0.447. The monoisotopic (exact) mass is 326 g/mol. The van der Waals surface area contributed by atoms with E-state index < -0.39 is 5.97 Å². The van der Waals surface area contributed by atoms with Gasteiger partial charge in [0.15, 0.2) is 0 Å². The second-order valence-corrected chi connectivity index (χ2v) is 4.46. The standard InChI is InChI=1S/C8H14O3.2C3H8O.Ti/c1-3-5-7(9)6-8(10)11-4-2;2*1-3(2)4;/h3-6H2,1-2H3;2*3-4H,1-2H3;. The molecule has 2 N–H and O–H groups in total. The summed E-state index contributed by atoms with van der Waals surface area (Å²) < 4.78 is 4.60. The number of hydrogen-bond donors (Lipinski definition) is 2. The molecular weight excluding hydrogens is 296 g/mol. The molecule has 0 spiro atoms. The third kappa shape index (κ3) is 52.3. The Kier molecular flexibility index (Phi) is 29.5. The molecule has 0 aromatic rings. The van der Waals surface area contributed by atoms with Gasteiger partial charge in [0, 0.05) is 40.3 Å². The van der Waals surface area contributed by atoms with Crippen LogP contribution in [-0.2, 0) is 36.0 Å². The van der Waals surface area contributed by atoms with Gasteiger partial charge in [0.25, 0.3) is 0 Å². The smallest absolute Gasteiger partial charge is 0.313 e. The van der Waals surface area contributed by atoms with Gasteiger partial charge < -0.3 is 14.9 Å². The molecule has 20 heavy (non-hydrogen) atoms. The van der Waals surface area contributed by atoms with Gasteiger partial charge in [-0.1, -0.05) is 6.92 Å². The number of rotatable bonds is 5. The SMILES string of the molecule is CC(C)O.CC(C)O.CCCC(=O)CC(=O)OCC.[Ti]. The Morgan fingerprint density at radius 1 is 1.00 bits per heavy atom. The molecule has 6 heteroatoms. The fourth-order valence-electron chi connectivity index (χ4n) is 0.740. The van der Waals surface area contributed by atoms with Crippen molar-refractivity contribution in [3.8, 4) is 0 Å². The first kappa shape index (κ1) is 28.0. The molecule has 0 aromatic heterocycles. The van der Waals surface area contributed by atoms with Crippen molar-refractivity contribution >= 4 is 11.8 Å². The zero-order chi connectivity index (χ0) is 15.8. The summed E-state index contributed by atoms with van der Waals surface area (Å²) in [5.41, 5.74) is 0. The molecule has 0 atom stereocenters. The number of aliphatic hydroxyl groups excluding tert-OH is 2. The van der Waals surface area contributed by atoms with Crippen molar-refractivity contribution in [3.63, 3.8) is 0 Å². The molecule has 0 saturated heterocycles. The van der Waals surface area contributed by atoms with Crippen molar-refractivity contribution < 1.29 is 46.3 Å². The average molecular weight is 326 g/mol. The molecule has 120 valence electrons. The number of ketones is 1. The van der Waals surface area contributed by atoms with Gasteiger partial charge in [-0.3, -0.25) is 9.59 Å². The first-order valence-corrected chi connectivity index (χ1v) is 6.70. The van der Waals surface area contributed by atoms with Crippen LogP contribution in [0.4, 0.5) is 0 Å². The largest absolute Gasteiger partial charge is 0.466 e. The van der Waals surface area contributed by atoms with Crippen molar-refractivity contribution in [3.05, 3.63) is 0 Å². The van der Waals surface area contributed by atoms with E-state index in [1.165, 1.54) is 0 Å². The van der Waals surface area contributed by atoms with Crippen LogP contribution in [-0.4, -0.2) is 40.8 Å². The average Bonchev–Trinajstić information content (AvgIpc) is 2.15. The molecule has 0 aromatic carbocycles. The molecule has 0 amide bonds. The minimum absolute atomic E-state index is 0. The van der Waals surface area contributed by atoms with Gasteiger partial charge in [0.2, 0.25) is 0 Å². The molecule has 0 rings (SSSR count). The maximum atomic E-state index is 10.8. The third-order valence-corrected chi connectivity index (χ3v) is 1.18. The Morgan fingerprint density at radius 2 is 1.35 bits per heavy atom. The van der Waals surface area contributed by atoms with Crippen LogP contribution in [0.2, 0.25) is 0 Å². The zero-order valence-corrected chi connectivity index (χ0v) is 15.2. The summed E-state index contributed by atoms with van der Waals surface area (Å²) in [6.07, 6.45) is 0.860. The molecule has 0 aliphatic carbocycles. The first-order valence-electron chi connectivity index (χ1n) is 6.70. The van der Waals surface area contributed by atoms with E-state index in [1.54, 1.807) is 34.6 Å². The maximum absolute atomic E-state index is 10.8. The molecule has 5 nitrogen and oxygen atoms in total. The number of Topliss-reactive ketones (excluding diaryl/α,β-unsaturated/α-hetero) is 1. The number of aliphatic hydroxyl groups is 2. The predicted molar refractivity (Wildman–Crippen MR) is 75.9 cm³/mol. The molecule has 0 radical (unpaired) electrons.